The van der Waals surface area contributed by atoms with Gasteiger partial charge in [0.05, 0.1) is 22.8 Å². The predicted octanol–water partition coefficient (Wildman–Crippen LogP) is 5.82. The minimum atomic E-state index is 0.274. The van der Waals surface area contributed by atoms with E-state index in [4.69, 9.17) is 32.5 Å². The van der Waals surface area contributed by atoms with Crippen molar-refractivity contribution in [2.45, 2.75) is 63.7 Å². The van der Waals surface area contributed by atoms with Gasteiger partial charge >= 0.3 is 0 Å². The third-order valence-corrected chi connectivity index (χ3v) is 7.14. The van der Waals surface area contributed by atoms with Crippen LogP contribution in [0.3, 0.4) is 0 Å². The average Bonchev–Trinajstić information content (AvgIpc) is 3.61. The van der Waals surface area contributed by atoms with Crippen molar-refractivity contribution in [1.82, 2.24) is 10.5 Å². The third kappa shape index (κ3) is 3.72. The van der Waals surface area contributed by atoms with E-state index in [0.717, 1.165) is 66.6 Å². The van der Waals surface area contributed by atoms with E-state index in [2.05, 4.69) is 17.4 Å². The zero-order valence-electron chi connectivity index (χ0n) is 16.1. The maximum atomic E-state index is 6.45. The molecular weight excluding hydrogens is 395 g/mol. The van der Waals surface area contributed by atoms with Crippen LogP contribution in [-0.2, 0) is 11.3 Å². The SMILES string of the molecule is C[C@@H]1C[C@@H]1C1C[C@@H](OCc2c(-c3c(Cl)cccc3Cl)noc2C2CC2)CCN1. The van der Waals surface area contributed by atoms with E-state index in [1.165, 1.54) is 6.42 Å². The number of aromatic nitrogens is 1. The van der Waals surface area contributed by atoms with Crippen LogP contribution in [0.15, 0.2) is 22.7 Å². The van der Waals surface area contributed by atoms with Gasteiger partial charge in [-0.1, -0.05) is 41.3 Å². The van der Waals surface area contributed by atoms with Gasteiger partial charge in [0.25, 0.3) is 0 Å². The van der Waals surface area contributed by atoms with Gasteiger partial charge in [-0.3, -0.25) is 0 Å². The summed E-state index contributed by atoms with van der Waals surface area (Å²) < 4.78 is 12.2. The minimum Gasteiger partial charge on any atom is -0.373 e. The summed E-state index contributed by atoms with van der Waals surface area (Å²) in [6.07, 6.45) is 6.04. The quantitative estimate of drug-likeness (QED) is 0.639. The van der Waals surface area contributed by atoms with Gasteiger partial charge in [0, 0.05) is 23.1 Å². The van der Waals surface area contributed by atoms with E-state index in [-0.39, 0.29) is 6.10 Å². The first kappa shape index (κ1) is 18.9. The lowest BCUT2D eigenvalue weighted by atomic mass is 9.97. The van der Waals surface area contributed by atoms with Crippen LogP contribution in [0.25, 0.3) is 11.3 Å². The molecule has 0 radical (unpaired) electrons. The molecule has 3 aliphatic rings. The Hall–Kier alpha value is -1.07. The molecule has 1 N–H and O–H groups in total. The highest BCUT2D eigenvalue weighted by Gasteiger charge is 2.41. The predicted molar refractivity (Wildman–Crippen MR) is 111 cm³/mol. The fraction of sp³-hybridized carbons (Fsp3) is 0.591. The summed E-state index contributed by atoms with van der Waals surface area (Å²) in [7, 11) is 0. The summed E-state index contributed by atoms with van der Waals surface area (Å²) >= 11 is 12.9. The number of piperidine rings is 1. The molecule has 1 aromatic heterocycles. The molecule has 1 aromatic carbocycles. The monoisotopic (exact) mass is 420 g/mol. The van der Waals surface area contributed by atoms with Gasteiger partial charge in [0.1, 0.15) is 11.5 Å². The summed E-state index contributed by atoms with van der Waals surface area (Å²) in [5.41, 5.74) is 2.50. The van der Waals surface area contributed by atoms with Gasteiger partial charge in [0.2, 0.25) is 0 Å². The molecule has 1 saturated heterocycles. The maximum Gasteiger partial charge on any atom is 0.145 e. The first-order valence-corrected chi connectivity index (χ1v) is 11.1. The smallest absolute Gasteiger partial charge is 0.145 e. The van der Waals surface area contributed by atoms with E-state index < -0.39 is 0 Å². The molecule has 2 heterocycles. The number of ether oxygens (including phenoxy) is 1. The lowest BCUT2D eigenvalue weighted by Gasteiger charge is -2.30. The molecule has 0 spiro atoms. The minimum absolute atomic E-state index is 0.274. The van der Waals surface area contributed by atoms with Gasteiger partial charge in [-0.25, -0.2) is 0 Å². The fourth-order valence-corrected chi connectivity index (χ4v) is 5.13. The fourth-order valence-electron chi connectivity index (χ4n) is 4.55. The standard InChI is InChI=1S/C22H26Cl2N2O2/c1-12-9-15(12)19-10-14(7-8-25-19)27-11-16-21(26-28-22(16)13-5-6-13)20-17(23)3-2-4-18(20)24/h2-4,12-15,19,25H,5-11H2,1H3/t12-,14+,15+,19?/m1/s1. The summed E-state index contributed by atoms with van der Waals surface area (Å²) in [6.45, 7) is 3.88. The summed E-state index contributed by atoms with van der Waals surface area (Å²) in [5.74, 6) is 3.08. The van der Waals surface area contributed by atoms with Gasteiger partial charge in [-0.15, -0.1) is 0 Å². The average molecular weight is 421 g/mol. The van der Waals surface area contributed by atoms with Crippen molar-refractivity contribution in [2.24, 2.45) is 11.8 Å². The number of nitrogens with one attached hydrogen (secondary N) is 1. The molecular formula is C22H26Cl2N2O2. The number of rotatable bonds is 6. The largest absolute Gasteiger partial charge is 0.373 e. The zero-order valence-corrected chi connectivity index (χ0v) is 17.6. The van der Waals surface area contributed by atoms with Crippen molar-refractivity contribution in [3.8, 4) is 11.3 Å². The van der Waals surface area contributed by atoms with Gasteiger partial charge in [0.15, 0.2) is 0 Å². The van der Waals surface area contributed by atoms with Crippen molar-refractivity contribution in [1.29, 1.82) is 0 Å². The molecule has 5 rings (SSSR count). The second-order valence-corrected chi connectivity index (χ2v) is 9.45. The van der Waals surface area contributed by atoms with E-state index in [9.17, 15) is 0 Å². The Labute approximate surface area is 175 Å². The van der Waals surface area contributed by atoms with Crippen molar-refractivity contribution >= 4 is 23.2 Å². The number of benzene rings is 1. The van der Waals surface area contributed by atoms with Crippen LogP contribution < -0.4 is 5.32 Å². The van der Waals surface area contributed by atoms with Crippen LogP contribution in [0.4, 0.5) is 0 Å². The molecule has 2 aliphatic carbocycles. The first-order chi connectivity index (χ1) is 13.6. The van der Waals surface area contributed by atoms with Gasteiger partial charge < -0.3 is 14.6 Å². The molecule has 4 atom stereocenters. The van der Waals surface area contributed by atoms with E-state index in [0.29, 0.717) is 28.6 Å². The molecule has 1 unspecified atom stereocenters. The molecule has 6 heteroatoms. The Balaban J connectivity index is 1.36. The maximum absolute atomic E-state index is 6.45. The van der Waals surface area contributed by atoms with Crippen LogP contribution in [0.5, 0.6) is 0 Å². The molecule has 3 fully saturated rings. The van der Waals surface area contributed by atoms with Crippen molar-refractivity contribution in [3.63, 3.8) is 0 Å². The van der Waals surface area contributed by atoms with Crippen molar-refractivity contribution in [3.05, 3.63) is 39.6 Å². The number of halogens is 2. The Bertz CT molecular complexity index is 844. The molecule has 1 aliphatic heterocycles. The van der Waals surface area contributed by atoms with Crippen molar-refractivity contribution < 1.29 is 9.26 Å². The van der Waals surface area contributed by atoms with Crippen LogP contribution in [0.2, 0.25) is 10.0 Å². The Morgan fingerprint density at radius 2 is 1.93 bits per heavy atom. The second kappa shape index (κ2) is 7.64. The second-order valence-electron chi connectivity index (χ2n) is 8.64. The van der Waals surface area contributed by atoms with E-state index in [1.807, 2.05) is 18.2 Å². The highest BCUT2D eigenvalue weighted by Crippen LogP contribution is 2.46. The molecule has 4 nitrogen and oxygen atoms in total. The molecule has 0 bridgehead atoms. The molecule has 28 heavy (non-hydrogen) atoms. The molecule has 0 amide bonds. The summed E-state index contributed by atoms with van der Waals surface area (Å²) in [4.78, 5) is 0. The lowest BCUT2D eigenvalue weighted by molar-refractivity contribution is 0.00772. The van der Waals surface area contributed by atoms with Crippen LogP contribution in [-0.4, -0.2) is 23.8 Å². The zero-order chi connectivity index (χ0) is 19.3. The summed E-state index contributed by atoms with van der Waals surface area (Å²) in [6, 6.07) is 6.12. The van der Waals surface area contributed by atoms with Crippen LogP contribution in [0, 0.1) is 11.8 Å². The molecule has 2 aromatic rings. The normalized spacial score (nSPS) is 29.8. The lowest BCUT2D eigenvalue weighted by Crippen LogP contribution is -2.42. The highest BCUT2D eigenvalue weighted by atomic mass is 35.5. The highest BCUT2D eigenvalue weighted by molar-refractivity contribution is 6.39. The molecule has 150 valence electrons. The van der Waals surface area contributed by atoms with Gasteiger partial charge in [-0.2, -0.15) is 0 Å². The van der Waals surface area contributed by atoms with E-state index >= 15 is 0 Å². The third-order valence-electron chi connectivity index (χ3n) is 6.51. The van der Waals surface area contributed by atoms with Crippen LogP contribution >= 0.6 is 23.2 Å². The number of nitrogens with zero attached hydrogens (tertiary/aromatic N) is 1. The first-order valence-electron chi connectivity index (χ1n) is 10.4. The summed E-state index contributed by atoms with van der Waals surface area (Å²) in [5, 5.41) is 9.22. The Kier molecular flexibility index (Phi) is 5.16. The van der Waals surface area contributed by atoms with E-state index in [1.54, 1.807) is 0 Å². The number of hydrogen-bond acceptors (Lipinski definition) is 4. The van der Waals surface area contributed by atoms with Gasteiger partial charge in [-0.05, 0) is 62.6 Å². The number of hydrogen-bond donors (Lipinski definition) is 1. The van der Waals surface area contributed by atoms with Crippen LogP contribution in [0.1, 0.15) is 56.3 Å². The van der Waals surface area contributed by atoms with Crippen molar-refractivity contribution in [2.75, 3.05) is 6.54 Å². The molecule has 2 saturated carbocycles. The topological polar surface area (TPSA) is 47.3 Å². The Morgan fingerprint density at radius 1 is 1.18 bits per heavy atom. The Morgan fingerprint density at radius 3 is 2.61 bits per heavy atom.